The summed E-state index contributed by atoms with van der Waals surface area (Å²) in [5.41, 5.74) is 1.85. The molecule has 1 saturated heterocycles. The normalized spacial score (nSPS) is 14.9. The Morgan fingerprint density at radius 2 is 2.23 bits per heavy atom. The second-order valence-corrected chi connectivity index (χ2v) is 5.89. The van der Waals surface area contributed by atoms with E-state index < -0.39 is 0 Å². The number of morpholine rings is 1. The molecule has 3 heterocycles. The van der Waals surface area contributed by atoms with Gasteiger partial charge in [-0.25, -0.2) is 4.79 Å². The van der Waals surface area contributed by atoms with E-state index in [9.17, 15) is 4.79 Å². The van der Waals surface area contributed by atoms with Crippen molar-refractivity contribution in [3.63, 3.8) is 0 Å². The number of nitrogens with zero attached hydrogens (tertiary/aromatic N) is 2. The van der Waals surface area contributed by atoms with E-state index >= 15 is 0 Å². The molecular formula is C16H18N2O3S. The van der Waals surface area contributed by atoms with Gasteiger partial charge in [-0.2, -0.15) is 0 Å². The largest absolute Gasteiger partial charge is 0.462 e. The molecule has 2 aromatic heterocycles. The number of anilines is 1. The number of aromatic nitrogens is 1. The molecule has 2 aromatic rings. The number of ether oxygens (including phenoxy) is 2. The molecule has 1 aliphatic heterocycles. The lowest BCUT2D eigenvalue weighted by molar-refractivity contribution is 0.0532. The van der Waals surface area contributed by atoms with Crippen LogP contribution < -0.4 is 4.90 Å². The lowest BCUT2D eigenvalue weighted by Crippen LogP contribution is -2.35. The van der Waals surface area contributed by atoms with E-state index in [2.05, 4.69) is 9.88 Å². The van der Waals surface area contributed by atoms with Crippen LogP contribution in [0.2, 0.25) is 0 Å². The number of thiophene rings is 1. The van der Waals surface area contributed by atoms with E-state index in [4.69, 9.17) is 9.47 Å². The summed E-state index contributed by atoms with van der Waals surface area (Å²) < 4.78 is 10.5. The van der Waals surface area contributed by atoms with Crippen molar-refractivity contribution in [2.45, 2.75) is 6.92 Å². The Balaban J connectivity index is 1.99. The molecule has 0 spiro atoms. The summed E-state index contributed by atoms with van der Waals surface area (Å²) in [4.78, 5) is 19.3. The zero-order valence-corrected chi connectivity index (χ0v) is 13.3. The summed E-state index contributed by atoms with van der Waals surface area (Å²) in [5.74, 6) is -0.274. The number of carbonyl (C=O) groups is 1. The van der Waals surface area contributed by atoms with Gasteiger partial charge in [-0.3, -0.25) is 4.98 Å². The van der Waals surface area contributed by atoms with Crippen LogP contribution in [0.1, 0.15) is 16.6 Å². The number of carbonyl (C=O) groups excluding carboxylic acids is 1. The van der Waals surface area contributed by atoms with E-state index in [0.29, 0.717) is 24.7 Å². The maximum absolute atomic E-state index is 12.0. The molecule has 0 radical (unpaired) electrons. The second-order valence-electron chi connectivity index (χ2n) is 4.86. The first-order chi connectivity index (χ1) is 10.8. The fraction of sp³-hybridized carbons (Fsp3) is 0.375. The number of hydrogen-bond acceptors (Lipinski definition) is 6. The van der Waals surface area contributed by atoms with Crippen LogP contribution in [0.25, 0.3) is 11.3 Å². The predicted octanol–water partition coefficient (Wildman–Crippen LogP) is 2.82. The van der Waals surface area contributed by atoms with Gasteiger partial charge in [0.1, 0.15) is 9.88 Å². The predicted molar refractivity (Wildman–Crippen MR) is 86.5 cm³/mol. The van der Waals surface area contributed by atoms with E-state index in [-0.39, 0.29) is 5.97 Å². The third-order valence-corrected chi connectivity index (χ3v) is 4.60. The number of pyridine rings is 1. The van der Waals surface area contributed by atoms with Crippen molar-refractivity contribution in [2.24, 2.45) is 0 Å². The molecule has 0 aliphatic carbocycles. The molecule has 6 heteroatoms. The standard InChI is InChI=1S/C16H18N2O3S/c1-2-21-16(19)14-11-12(13-5-3-4-6-17-13)15(22-14)18-7-9-20-10-8-18/h3-6,11H,2,7-10H2,1H3. The number of rotatable bonds is 4. The molecule has 3 rings (SSSR count). The van der Waals surface area contributed by atoms with Gasteiger partial charge in [0.25, 0.3) is 0 Å². The fourth-order valence-electron chi connectivity index (χ4n) is 2.39. The minimum atomic E-state index is -0.274. The van der Waals surface area contributed by atoms with Crippen molar-refractivity contribution >= 4 is 22.3 Å². The molecule has 22 heavy (non-hydrogen) atoms. The molecule has 0 unspecified atom stereocenters. The van der Waals surface area contributed by atoms with Crippen molar-refractivity contribution in [2.75, 3.05) is 37.8 Å². The second kappa shape index (κ2) is 6.89. The zero-order chi connectivity index (χ0) is 15.4. The Hall–Kier alpha value is -1.92. The van der Waals surface area contributed by atoms with E-state index in [1.54, 1.807) is 6.20 Å². The SMILES string of the molecule is CCOC(=O)c1cc(-c2ccccn2)c(N2CCOCC2)s1. The van der Waals surface area contributed by atoms with Crippen LogP contribution in [-0.4, -0.2) is 43.9 Å². The van der Waals surface area contributed by atoms with Crippen molar-refractivity contribution in [3.8, 4) is 11.3 Å². The highest BCUT2D eigenvalue weighted by molar-refractivity contribution is 7.18. The van der Waals surface area contributed by atoms with Gasteiger partial charge in [0.2, 0.25) is 0 Å². The van der Waals surface area contributed by atoms with Crippen LogP contribution >= 0.6 is 11.3 Å². The molecule has 1 fully saturated rings. The Morgan fingerprint density at radius 1 is 1.41 bits per heavy atom. The van der Waals surface area contributed by atoms with Crippen molar-refractivity contribution < 1.29 is 14.3 Å². The summed E-state index contributed by atoms with van der Waals surface area (Å²) in [5, 5.41) is 1.06. The highest BCUT2D eigenvalue weighted by Gasteiger charge is 2.22. The van der Waals surface area contributed by atoms with Crippen LogP contribution in [0.5, 0.6) is 0 Å². The molecule has 116 valence electrons. The first-order valence-corrected chi connectivity index (χ1v) is 8.16. The highest BCUT2D eigenvalue weighted by Crippen LogP contribution is 2.38. The van der Waals surface area contributed by atoms with E-state index in [1.807, 2.05) is 31.2 Å². The summed E-state index contributed by atoms with van der Waals surface area (Å²) in [6, 6.07) is 7.68. The van der Waals surface area contributed by atoms with Gasteiger partial charge in [-0.15, -0.1) is 11.3 Å². The molecular weight excluding hydrogens is 300 g/mol. The van der Waals surface area contributed by atoms with Crippen molar-refractivity contribution in [1.29, 1.82) is 0 Å². The highest BCUT2D eigenvalue weighted by atomic mass is 32.1. The van der Waals surface area contributed by atoms with Crippen LogP contribution in [0.3, 0.4) is 0 Å². The monoisotopic (exact) mass is 318 g/mol. The summed E-state index contributed by atoms with van der Waals surface area (Å²) >= 11 is 1.46. The van der Waals surface area contributed by atoms with Crippen LogP contribution in [0, 0.1) is 0 Å². The maximum Gasteiger partial charge on any atom is 0.348 e. The van der Waals surface area contributed by atoms with Gasteiger partial charge < -0.3 is 14.4 Å². The third-order valence-electron chi connectivity index (χ3n) is 3.43. The van der Waals surface area contributed by atoms with Gasteiger partial charge in [0.15, 0.2) is 0 Å². The van der Waals surface area contributed by atoms with Crippen molar-refractivity contribution in [1.82, 2.24) is 4.98 Å². The average Bonchev–Trinajstić information content (AvgIpc) is 3.02. The number of esters is 1. The molecule has 0 N–H and O–H groups in total. The van der Waals surface area contributed by atoms with Crippen LogP contribution in [0.15, 0.2) is 30.5 Å². The summed E-state index contributed by atoms with van der Waals surface area (Å²) in [7, 11) is 0. The number of hydrogen-bond donors (Lipinski definition) is 0. The lowest BCUT2D eigenvalue weighted by Gasteiger charge is -2.28. The van der Waals surface area contributed by atoms with E-state index in [0.717, 1.165) is 29.3 Å². The smallest absolute Gasteiger partial charge is 0.348 e. The van der Waals surface area contributed by atoms with Crippen molar-refractivity contribution in [3.05, 3.63) is 35.3 Å². The minimum Gasteiger partial charge on any atom is -0.462 e. The van der Waals surface area contributed by atoms with E-state index in [1.165, 1.54) is 11.3 Å². The Bertz CT molecular complexity index is 636. The van der Waals surface area contributed by atoms with Gasteiger partial charge in [0, 0.05) is 24.8 Å². The van der Waals surface area contributed by atoms with Gasteiger partial charge in [-0.05, 0) is 25.1 Å². The first kappa shape index (κ1) is 15.0. The average molecular weight is 318 g/mol. The van der Waals surface area contributed by atoms with Crippen LogP contribution in [-0.2, 0) is 9.47 Å². The molecule has 0 atom stereocenters. The van der Waals surface area contributed by atoms with Gasteiger partial charge in [-0.1, -0.05) is 6.07 Å². The summed E-state index contributed by atoms with van der Waals surface area (Å²) in [6.45, 7) is 5.24. The molecule has 0 aromatic carbocycles. The molecule has 0 bridgehead atoms. The third kappa shape index (κ3) is 3.13. The molecule has 1 aliphatic rings. The summed E-state index contributed by atoms with van der Waals surface area (Å²) in [6.07, 6.45) is 1.76. The topological polar surface area (TPSA) is 51.7 Å². The zero-order valence-electron chi connectivity index (χ0n) is 12.4. The van der Waals surface area contributed by atoms with Gasteiger partial charge in [0.05, 0.1) is 25.5 Å². The lowest BCUT2D eigenvalue weighted by atomic mass is 10.2. The first-order valence-electron chi connectivity index (χ1n) is 7.34. The Morgan fingerprint density at radius 3 is 2.91 bits per heavy atom. The Kier molecular flexibility index (Phi) is 4.70. The van der Waals surface area contributed by atoms with Gasteiger partial charge >= 0.3 is 5.97 Å². The fourth-order valence-corrected chi connectivity index (χ4v) is 3.50. The minimum absolute atomic E-state index is 0.274. The quantitative estimate of drug-likeness (QED) is 0.811. The Labute approximate surface area is 133 Å². The molecule has 0 saturated carbocycles. The molecule has 0 amide bonds. The maximum atomic E-state index is 12.0. The van der Waals surface area contributed by atoms with Crippen LogP contribution in [0.4, 0.5) is 5.00 Å². The molecule has 5 nitrogen and oxygen atoms in total.